The standard InChI is InChI=1S/C18H18NO4P/c1-12-9-10-15-14(11-12)17(20)18(24(21,22-3)23-15)16(19-2)13-7-5-4-6-8-13/h4-11,19H,1-3H3/b18-16+. The van der Waals surface area contributed by atoms with E-state index in [2.05, 4.69) is 5.32 Å². The minimum Gasteiger partial charge on any atom is -0.420 e. The second-order valence-corrected chi connectivity index (χ2v) is 7.43. The summed E-state index contributed by atoms with van der Waals surface area (Å²) in [6.45, 7) is 1.89. The van der Waals surface area contributed by atoms with Crippen molar-refractivity contribution < 1.29 is 18.4 Å². The topological polar surface area (TPSA) is 64.6 Å². The predicted molar refractivity (Wildman–Crippen MR) is 93.2 cm³/mol. The van der Waals surface area contributed by atoms with E-state index in [4.69, 9.17) is 9.05 Å². The molecule has 0 radical (unpaired) electrons. The third-order valence-electron chi connectivity index (χ3n) is 3.88. The average Bonchev–Trinajstić information content (AvgIpc) is 2.60. The number of hydrogen-bond acceptors (Lipinski definition) is 5. The third kappa shape index (κ3) is 2.66. The van der Waals surface area contributed by atoms with Crippen molar-refractivity contribution in [2.24, 2.45) is 0 Å². The first kappa shape index (κ1) is 16.5. The Kier molecular flexibility index (Phi) is 4.31. The molecule has 3 rings (SSSR count). The lowest BCUT2D eigenvalue weighted by molar-refractivity contribution is 0.103. The second kappa shape index (κ2) is 6.27. The van der Waals surface area contributed by atoms with Crippen molar-refractivity contribution in [3.63, 3.8) is 0 Å². The number of ketones is 1. The number of aryl methyl sites for hydroxylation is 1. The van der Waals surface area contributed by atoms with E-state index < -0.39 is 7.60 Å². The van der Waals surface area contributed by atoms with Crippen LogP contribution in [0.2, 0.25) is 0 Å². The van der Waals surface area contributed by atoms with Crippen LogP contribution in [0, 0.1) is 6.92 Å². The van der Waals surface area contributed by atoms with Crippen LogP contribution in [-0.4, -0.2) is 19.9 Å². The molecule has 1 atom stereocenters. The van der Waals surface area contributed by atoms with E-state index in [1.165, 1.54) is 7.11 Å². The Balaban J connectivity index is 2.30. The molecule has 2 aromatic carbocycles. The predicted octanol–water partition coefficient (Wildman–Crippen LogP) is 4.00. The zero-order chi connectivity index (χ0) is 17.3. The van der Waals surface area contributed by atoms with Gasteiger partial charge in [0.25, 0.3) is 0 Å². The smallest absolute Gasteiger partial charge is 0.416 e. The number of Topliss-reactive ketones (excluding diaryl/α,β-unsaturated/α-hetero) is 1. The van der Waals surface area contributed by atoms with E-state index >= 15 is 0 Å². The van der Waals surface area contributed by atoms with E-state index in [1.807, 2.05) is 37.3 Å². The van der Waals surface area contributed by atoms with Gasteiger partial charge in [0.1, 0.15) is 11.1 Å². The fourth-order valence-electron chi connectivity index (χ4n) is 2.71. The maximum Gasteiger partial charge on any atom is 0.416 e. The zero-order valence-electron chi connectivity index (χ0n) is 13.7. The summed E-state index contributed by atoms with van der Waals surface area (Å²) in [4.78, 5) is 13.1. The molecule has 2 aromatic rings. The van der Waals surface area contributed by atoms with Crippen molar-refractivity contribution in [2.45, 2.75) is 6.92 Å². The number of rotatable bonds is 3. The van der Waals surface area contributed by atoms with Crippen LogP contribution in [0.25, 0.3) is 5.70 Å². The molecule has 1 aliphatic rings. The molecule has 1 aliphatic heterocycles. The summed E-state index contributed by atoms with van der Waals surface area (Å²) in [6.07, 6.45) is 0. The van der Waals surface area contributed by atoms with Gasteiger partial charge in [-0.05, 0) is 24.6 Å². The summed E-state index contributed by atoms with van der Waals surface area (Å²) in [7, 11) is -0.820. The van der Waals surface area contributed by atoms with Crippen molar-refractivity contribution in [1.29, 1.82) is 0 Å². The lowest BCUT2D eigenvalue weighted by atomic mass is 10.0. The molecule has 0 fully saturated rings. The summed E-state index contributed by atoms with van der Waals surface area (Å²) in [5.74, 6) is -0.0682. The summed E-state index contributed by atoms with van der Waals surface area (Å²) < 4.78 is 24.0. The van der Waals surface area contributed by atoms with E-state index in [1.54, 1.807) is 25.2 Å². The van der Waals surface area contributed by atoms with Crippen molar-refractivity contribution >= 4 is 19.1 Å². The minimum atomic E-state index is -3.78. The van der Waals surface area contributed by atoms with Crippen molar-refractivity contribution in [2.75, 3.05) is 14.2 Å². The van der Waals surface area contributed by atoms with Gasteiger partial charge in [0.15, 0.2) is 0 Å². The maximum atomic E-state index is 13.2. The van der Waals surface area contributed by atoms with Gasteiger partial charge in [0.2, 0.25) is 5.78 Å². The Bertz CT molecular complexity index is 874. The lowest BCUT2D eigenvalue weighted by Crippen LogP contribution is -2.21. The molecular formula is C18H18NO4P. The Morgan fingerprint density at radius 2 is 1.88 bits per heavy atom. The van der Waals surface area contributed by atoms with Gasteiger partial charge in [-0.15, -0.1) is 0 Å². The van der Waals surface area contributed by atoms with E-state index in [-0.39, 0.29) is 16.8 Å². The lowest BCUT2D eigenvalue weighted by Gasteiger charge is -2.28. The molecule has 5 nitrogen and oxygen atoms in total. The van der Waals surface area contributed by atoms with Crippen molar-refractivity contribution in [1.82, 2.24) is 5.32 Å². The average molecular weight is 343 g/mol. The monoisotopic (exact) mass is 343 g/mol. The van der Waals surface area contributed by atoms with E-state index in [9.17, 15) is 9.36 Å². The minimum absolute atomic E-state index is 0.0248. The fourth-order valence-corrected chi connectivity index (χ4v) is 4.36. The van der Waals surface area contributed by atoms with E-state index in [0.717, 1.165) is 11.1 Å². The van der Waals surface area contributed by atoms with Crippen LogP contribution < -0.4 is 9.84 Å². The van der Waals surface area contributed by atoms with Gasteiger partial charge < -0.3 is 9.84 Å². The number of nitrogens with one attached hydrogen (secondary N) is 1. The highest BCUT2D eigenvalue weighted by Gasteiger charge is 2.44. The molecule has 1 unspecified atom stereocenters. The summed E-state index contributed by atoms with van der Waals surface area (Å²) in [5.41, 5.74) is 2.49. The van der Waals surface area contributed by atoms with Crippen LogP contribution in [0.1, 0.15) is 21.5 Å². The quantitative estimate of drug-likeness (QED) is 0.674. The highest BCUT2D eigenvalue weighted by atomic mass is 31.2. The van der Waals surface area contributed by atoms with Gasteiger partial charge in [-0.3, -0.25) is 9.32 Å². The second-order valence-electron chi connectivity index (χ2n) is 5.44. The van der Waals surface area contributed by atoms with Gasteiger partial charge >= 0.3 is 7.60 Å². The molecular weight excluding hydrogens is 325 g/mol. The summed E-state index contributed by atoms with van der Waals surface area (Å²) in [5, 5.41) is 3.00. The van der Waals surface area contributed by atoms with Crippen molar-refractivity contribution in [3.8, 4) is 5.75 Å². The van der Waals surface area contributed by atoms with Crippen LogP contribution in [0.5, 0.6) is 5.75 Å². The van der Waals surface area contributed by atoms with Crippen LogP contribution in [0.3, 0.4) is 0 Å². The molecule has 1 heterocycles. The van der Waals surface area contributed by atoms with Gasteiger partial charge in [-0.25, -0.2) is 4.57 Å². The molecule has 0 saturated carbocycles. The van der Waals surface area contributed by atoms with Crippen LogP contribution in [0.15, 0.2) is 53.8 Å². The molecule has 24 heavy (non-hydrogen) atoms. The van der Waals surface area contributed by atoms with Crippen LogP contribution in [0.4, 0.5) is 0 Å². The first-order chi connectivity index (χ1) is 11.5. The van der Waals surface area contributed by atoms with E-state index in [0.29, 0.717) is 11.3 Å². The van der Waals surface area contributed by atoms with Crippen molar-refractivity contribution in [3.05, 3.63) is 70.5 Å². The molecule has 0 aromatic heterocycles. The molecule has 0 amide bonds. The van der Waals surface area contributed by atoms with Gasteiger partial charge in [0, 0.05) is 14.2 Å². The first-order valence-corrected chi connectivity index (χ1v) is 9.03. The molecule has 6 heteroatoms. The highest BCUT2D eigenvalue weighted by Crippen LogP contribution is 2.61. The molecule has 0 saturated heterocycles. The summed E-state index contributed by atoms with van der Waals surface area (Å²) >= 11 is 0. The van der Waals surface area contributed by atoms with Crippen LogP contribution >= 0.6 is 7.60 Å². The Labute approximate surface area is 140 Å². The zero-order valence-corrected chi connectivity index (χ0v) is 14.6. The Hall–Kier alpha value is -2.36. The third-order valence-corrected chi connectivity index (χ3v) is 5.77. The van der Waals surface area contributed by atoms with Gasteiger partial charge in [0.05, 0.1) is 11.3 Å². The number of carbonyl (C=O) groups excluding carboxylic acids is 1. The fraction of sp³-hybridized carbons (Fsp3) is 0.167. The highest BCUT2D eigenvalue weighted by molar-refractivity contribution is 7.61. The largest absolute Gasteiger partial charge is 0.420 e. The van der Waals surface area contributed by atoms with Gasteiger partial charge in [-0.2, -0.15) is 0 Å². The number of benzene rings is 2. The van der Waals surface area contributed by atoms with Gasteiger partial charge in [-0.1, -0.05) is 42.0 Å². The number of fused-ring (bicyclic) bond motifs is 1. The number of hydrogen-bond donors (Lipinski definition) is 1. The molecule has 1 N–H and O–H groups in total. The SMILES string of the molecule is CN/C(=C1\C(=O)c2cc(C)ccc2OP1(=O)OC)c1ccccc1. The Morgan fingerprint density at radius 1 is 1.17 bits per heavy atom. The molecule has 0 aliphatic carbocycles. The maximum absolute atomic E-state index is 13.2. The molecule has 124 valence electrons. The molecule has 0 bridgehead atoms. The number of carbonyl (C=O) groups is 1. The Morgan fingerprint density at radius 3 is 2.50 bits per heavy atom. The number of allylic oxidation sites excluding steroid dienone is 1. The first-order valence-electron chi connectivity index (χ1n) is 7.49. The van der Waals surface area contributed by atoms with Crippen LogP contribution in [-0.2, 0) is 9.09 Å². The molecule has 0 spiro atoms. The summed E-state index contributed by atoms with van der Waals surface area (Å²) in [6, 6.07) is 14.4. The normalized spacial score (nSPS) is 21.7.